The smallest absolute Gasteiger partial charge is 0.129 e. The largest absolute Gasteiger partial charge is 0.398 e. The highest BCUT2D eigenvalue weighted by Gasteiger charge is 2.39. The number of halogens is 1. The van der Waals surface area contributed by atoms with Crippen LogP contribution in [0.5, 0.6) is 0 Å². The Labute approximate surface area is 115 Å². The SMILES string of the molecule is CN(Cc1c(N)cccc1F)CC1(N(C)C)CCC1. The van der Waals surface area contributed by atoms with Gasteiger partial charge in [0.2, 0.25) is 0 Å². The monoisotopic (exact) mass is 265 g/mol. The Balaban J connectivity index is 2.03. The number of anilines is 1. The van der Waals surface area contributed by atoms with E-state index in [9.17, 15) is 4.39 Å². The molecule has 1 aliphatic rings. The number of benzene rings is 1. The third kappa shape index (κ3) is 2.90. The lowest BCUT2D eigenvalue weighted by Crippen LogP contribution is -2.56. The van der Waals surface area contributed by atoms with Crippen molar-refractivity contribution in [2.45, 2.75) is 31.3 Å². The van der Waals surface area contributed by atoms with E-state index in [4.69, 9.17) is 5.73 Å². The van der Waals surface area contributed by atoms with Crippen LogP contribution in [0.2, 0.25) is 0 Å². The number of rotatable bonds is 5. The molecule has 2 N–H and O–H groups in total. The summed E-state index contributed by atoms with van der Waals surface area (Å²) >= 11 is 0. The maximum Gasteiger partial charge on any atom is 0.129 e. The van der Waals surface area contributed by atoms with Gasteiger partial charge in [-0.3, -0.25) is 0 Å². The topological polar surface area (TPSA) is 32.5 Å². The number of hydrogen-bond acceptors (Lipinski definition) is 3. The molecule has 1 fully saturated rings. The maximum atomic E-state index is 13.8. The van der Waals surface area contributed by atoms with Crippen molar-refractivity contribution < 1.29 is 4.39 Å². The van der Waals surface area contributed by atoms with Gasteiger partial charge in [-0.2, -0.15) is 0 Å². The first-order chi connectivity index (χ1) is 8.94. The molecule has 0 radical (unpaired) electrons. The van der Waals surface area contributed by atoms with Crippen molar-refractivity contribution in [2.24, 2.45) is 0 Å². The van der Waals surface area contributed by atoms with Gasteiger partial charge in [0.05, 0.1) is 0 Å². The van der Waals surface area contributed by atoms with Gasteiger partial charge in [-0.15, -0.1) is 0 Å². The van der Waals surface area contributed by atoms with E-state index < -0.39 is 0 Å². The minimum atomic E-state index is -0.209. The van der Waals surface area contributed by atoms with Crippen molar-refractivity contribution in [3.05, 3.63) is 29.6 Å². The van der Waals surface area contributed by atoms with Gasteiger partial charge in [0.15, 0.2) is 0 Å². The van der Waals surface area contributed by atoms with Crippen LogP contribution >= 0.6 is 0 Å². The zero-order valence-corrected chi connectivity index (χ0v) is 12.1. The normalized spacial score (nSPS) is 17.8. The van der Waals surface area contributed by atoms with Crippen LogP contribution in [0, 0.1) is 5.82 Å². The fourth-order valence-electron chi connectivity index (χ4n) is 2.90. The Kier molecular flexibility index (Phi) is 4.11. The quantitative estimate of drug-likeness (QED) is 0.829. The second kappa shape index (κ2) is 5.47. The summed E-state index contributed by atoms with van der Waals surface area (Å²) in [7, 11) is 6.30. The molecule has 0 atom stereocenters. The Morgan fingerprint density at radius 1 is 1.26 bits per heavy atom. The van der Waals surface area contributed by atoms with Crippen LogP contribution in [0.1, 0.15) is 24.8 Å². The first-order valence-electron chi connectivity index (χ1n) is 6.83. The molecule has 0 spiro atoms. The second-order valence-corrected chi connectivity index (χ2v) is 5.95. The fourth-order valence-corrected chi connectivity index (χ4v) is 2.90. The molecule has 1 saturated carbocycles. The van der Waals surface area contributed by atoms with Crippen LogP contribution in [0.25, 0.3) is 0 Å². The maximum absolute atomic E-state index is 13.8. The number of hydrogen-bond donors (Lipinski definition) is 1. The molecule has 2 rings (SSSR count). The predicted molar refractivity (Wildman–Crippen MR) is 77.4 cm³/mol. The van der Waals surface area contributed by atoms with Crippen molar-refractivity contribution in [1.82, 2.24) is 9.80 Å². The van der Waals surface area contributed by atoms with Gasteiger partial charge in [-0.05, 0) is 52.5 Å². The summed E-state index contributed by atoms with van der Waals surface area (Å²) in [6, 6.07) is 4.89. The summed E-state index contributed by atoms with van der Waals surface area (Å²) < 4.78 is 13.8. The van der Waals surface area contributed by atoms with Gasteiger partial charge in [0.25, 0.3) is 0 Å². The third-order valence-electron chi connectivity index (χ3n) is 4.38. The molecule has 106 valence electrons. The van der Waals surface area contributed by atoms with Gasteiger partial charge >= 0.3 is 0 Å². The van der Waals surface area contributed by atoms with Crippen LogP contribution in [0.3, 0.4) is 0 Å². The zero-order valence-electron chi connectivity index (χ0n) is 12.1. The molecule has 0 heterocycles. The summed E-state index contributed by atoms with van der Waals surface area (Å²) in [6.45, 7) is 1.52. The minimum Gasteiger partial charge on any atom is -0.398 e. The van der Waals surface area contributed by atoms with Crippen LogP contribution in [0.15, 0.2) is 18.2 Å². The van der Waals surface area contributed by atoms with E-state index in [-0.39, 0.29) is 11.4 Å². The van der Waals surface area contributed by atoms with Crippen LogP contribution in [0.4, 0.5) is 10.1 Å². The van der Waals surface area contributed by atoms with Crippen LogP contribution in [-0.4, -0.2) is 43.0 Å². The molecule has 0 amide bonds. The molecule has 1 aromatic rings. The fraction of sp³-hybridized carbons (Fsp3) is 0.600. The van der Waals surface area contributed by atoms with Crippen molar-refractivity contribution in [3.8, 4) is 0 Å². The van der Waals surface area contributed by atoms with E-state index in [1.807, 2.05) is 7.05 Å². The van der Waals surface area contributed by atoms with Gasteiger partial charge < -0.3 is 15.5 Å². The molecule has 3 nitrogen and oxygen atoms in total. The van der Waals surface area contributed by atoms with Gasteiger partial charge in [0.1, 0.15) is 5.82 Å². The molecule has 0 bridgehead atoms. The molecule has 1 aliphatic carbocycles. The van der Waals surface area contributed by atoms with Crippen molar-refractivity contribution >= 4 is 5.69 Å². The molecule has 0 unspecified atom stereocenters. The van der Waals surface area contributed by atoms with E-state index in [0.717, 1.165) is 6.54 Å². The highest BCUT2D eigenvalue weighted by atomic mass is 19.1. The molecule has 19 heavy (non-hydrogen) atoms. The third-order valence-corrected chi connectivity index (χ3v) is 4.38. The number of likely N-dealkylation sites (N-methyl/N-ethyl adjacent to an activating group) is 2. The van der Waals surface area contributed by atoms with Gasteiger partial charge in [0, 0.05) is 29.9 Å². The van der Waals surface area contributed by atoms with Crippen LogP contribution in [-0.2, 0) is 6.54 Å². The second-order valence-electron chi connectivity index (χ2n) is 5.95. The Bertz CT molecular complexity index is 421. The van der Waals surface area contributed by atoms with E-state index >= 15 is 0 Å². The summed E-state index contributed by atoms with van der Waals surface area (Å²) in [6.07, 6.45) is 3.72. The van der Waals surface area contributed by atoms with Gasteiger partial charge in [-0.1, -0.05) is 6.07 Å². The zero-order chi connectivity index (χ0) is 14.0. The van der Waals surface area contributed by atoms with Crippen molar-refractivity contribution in [2.75, 3.05) is 33.4 Å². The van der Waals surface area contributed by atoms with E-state index in [1.54, 1.807) is 12.1 Å². The molecule has 1 aromatic carbocycles. The number of nitrogens with two attached hydrogens (primary N) is 1. The average molecular weight is 265 g/mol. The Hall–Kier alpha value is -1.13. The first kappa shape index (κ1) is 14.3. The van der Waals surface area contributed by atoms with Crippen molar-refractivity contribution in [3.63, 3.8) is 0 Å². The van der Waals surface area contributed by atoms with E-state index in [1.165, 1.54) is 25.3 Å². The lowest BCUT2D eigenvalue weighted by atomic mass is 9.75. The van der Waals surface area contributed by atoms with Crippen LogP contribution < -0.4 is 5.73 Å². The minimum absolute atomic E-state index is 0.209. The van der Waals surface area contributed by atoms with E-state index in [0.29, 0.717) is 17.8 Å². The number of nitrogens with zero attached hydrogens (tertiary/aromatic N) is 2. The molecular weight excluding hydrogens is 241 g/mol. The predicted octanol–water partition coefficient (Wildman–Crippen LogP) is 2.32. The molecule has 0 aromatic heterocycles. The molecular formula is C15H24FN3. The summed E-state index contributed by atoms with van der Waals surface area (Å²) in [5, 5.41) is 0. The Morgan fingerprint density at radius 2 is 1.95 bits per heavy atom. The lowest BCUT2D eigenvalue weighted by molar-refractivity contribution is 0.0257. The highest BCUT2D eigenvalue weighted by molar-refractivity contribution is 5.47. The van der Waals surface area contributed by atoms with Gasteiger partial charge in [-0.25, -0.2) is 4.39 Å². The first-order valence-corrected chi connectivity index (χ1v) is 6.83. The number of nitrogen functional groups attached to an aromatic ring is 1. The summed E-state index contributed by atoms with van der Waals surface area (Å²) in [4.78, 5) is 4.48. The highest BCUT2D eigenvalue weighted by Crippen LogP contribution is 2.37. The molecule has 0 saturated heterocycles. The molecule has 4 heteroatoms. The average Bonchev–Trinajstić information content (AvgIpc) is 2.28. The van der Waals surface area contributed by atoms with Crippen molar-refractivity contribution in [1.29, 1.82) is 0 Å². The lowest BCUT2D eigenvalue weighted by Gasteiger charge is -2.49. The summed E-state index contributed by atoms with van der Waals surface area (Å²) in [5.74, 6) is -0.209. The van der Waals surface area contributed by atoms with E-state index in [2.05, 4.69) is 23.9 Å². The molecule has 0 aliphatic heterocycles. The summed E-state index contributed by atoms with van der Waals surface area (Å²) in [5.41, 5.74) is 7.27. The standard InChI is InChI=1S/C15H24FN3/c1-18(2)15(8-5-9-15)11-19(3)10-12-13(16)6-4-7-14(12)17/h4,6-7H,5,8-11,17H2,1-3H3. The Morgan fingerprint density at radius 3 is 2.42 bits per heavy atom.